The third-order valence-corrected chi connectivity index (χ3v) is 7.78. The molecule has 25 heavy (non-hydrogen) atoms. The molecule has 2 fully saturated rings. The van der Waals surface area contributed by atoms with Crippen molar-refractivity contribution in [2.75, 3.05) is 50.1 Å². The molecule has 1 aromatic rings. The molecule has 1 amide bonds. The summed E-state index contributed by atoms with van der Waals surface area (Å²) in [5.41, 5.74) is 1.31. The largest absolute Gasteiger partial charge is 0.379 e. The third kappa shape index (κ3) is 5.16. The minimum atomic E-state index is 0.113. The molecule has 2 saturated heterocycles. The van der Waals surface area contributed by atoms with Crippen LogP contribution >= 0.6 is 39.5 Å². The Morgan fingerprint density at radius 3 is 2.92 bits per heavy atom. The lowest BCUT2D eigenvalue weighted by Gasteiger charge is -2.43. The number of ether oxygens (including phenoxy) is 1. The maximum absolute atomic E-state index is 12.4. The topological polar surface area (TPSA) is 41.6 Å². The number of aryl methyl sites for hydroxylation is 1. The molecule has 2 heterocycles. The van der Waals surface area contributed by atoms with Crippen LogP contribution in [0.5, 0.6) is 0 Å². The summed E-state index contributed by atoms with van der Waals surface area (Å²) in [6.45, 7) is 6.39. The highest BCUT2D eigenvalue weighted by Crippen LogP contribution is 2.33. The maximum Gasteiger partial charge on any atom is 0.230 e. The van der Waals surface area contributed by atoms with Gasteiger partial charge < -0.3 is 10.1 Å². The second-order valence-electron chi connectivity index (χ2n) is 6.60. The molecule has 4 nitrogen and oxygen atoms in total. The van der Waals surface area contributed by atoms with Crippen molar-refractivity contribution in [3.8, 4) is 0 Å². The average molecular weight is 445 g/mol. The highest BCUT2D eigenvalue weighted by molar-refractivity contribution is 9.10. The zero-order chi connectivity index (χ0) is 17.7. The number of amides is 1. The number of nitrogens with zero attached hydrogens (tertiary/aromatic N) is 1. The van der Waals surface area contributed by atoms with Crippen molar-refractivity contribution in [1.82, 2.24) is 10.2 Å². The van der Waals surface area contributed by atoms with E-state index in [1.165, 1.54) is 11.3 Å². The van der Waals surface area contributed by atoms with Gasteiger partial charge in [0.25, 0.3) is 0 Å². The first-order valence-corrected chi connectivity index (χ1v) is 11.6. The minimum absolute atomic E-state index is 0.113. The Hall–Kier alpha value is -0.210. The number of nitrogens with one attached hydrogen (secondary N) is 1. The van der Waals surface area contributed by atoms with Crippen LogP contribution in [0.4, 0.5) is 0 Å². The van der Waals surface area contributed by atoms with Crippen molar-refractivity contribution in [2.45, 2.75) is 23.8 Å². The van der Waals surface area contributed by atoms with Gasteiger partial charge in [-0.25, -0.2) is 0 Å². The van der Waals surface area contributed by atoms with Gasteiger partial charge in [0, 0.05) is 40.3 Å². The second kappa shape index (κ2) is 9.13. The lowest BCUT2D eigenvalue weighted by molar-refractivity contribution is -0.119. The molecule has 0 saturated carbocycles. The summed E-state index contributed by atoms with van der Waals surface area (Å²) in [5.74, 6) is 2.87. The first-order chi connectivity index (χ1) is 12.1. The van der Waals surface area contributed by atoms with Crippen LogP contribution in [0.2, 0.25) is 0 Å². The number of halogens is 1. The van der Waals surface area contributed by atoms with Crippen LogP contribution < -0.4 is 5.32 Å². The lowest BCUT2D eigenvalue weighted by atomic mass is 9.95. The van der Waals surface area contributed by atoms with E-state index in [4.69, 9.17) is 4.74 Å². The molecule has 1 N–H and O–H groups in total. The normalized spacial score (nSPS) is 24.4. The summed E-state index contributed by atoms with van der Waals surface area (Å²) in [5, 5.41) is 3.20. The zero-order valence-corrected chi connectivity index (χ0v) is 17.8. The highest BCUT2D eigenvalue weighted by Gasteiger charge is 2.40. The third-order valence-electron chi connectivity index (χ3n) is 4.87. The quantitative estimate of drug-likeness (QED) is 0.682. The van der Waals surface area contributed by atoms with Gasteiger partial charge in [0.15, 0.2) is 0 Å². The molecule has 1 aromatic carbocycles. The standard InChI is InChI=1S/C18H25BrN2O2S2/c1-14-10-15(19)2-3-16(14)25-11-17(22)20-12-18(4-9-24-13-18)21-5-7-23-8-6-21/h2-3,10H,4-9,11-13H2,1H3,(H,20,22). The van der Waals surface area contributed by atoms with Gasteiger partial charge in [0.2, 0.25) is 5.91 Å². The van der Waals surface area contributed by atoms with Crippen molar-refractivity contribution < 1.29 is 9.53 Å². The Bertz CT molecular complexity index is 603. The van der Waals surface area contributed by atoms with Crippen LogP contribution in [0.3, 0.4) is 0 Å². The molecule has 0 aromatic heterocycles. The molecule has 0 spiro atoms. The van der Waals surface area contributed by atoms with Gasteiger partial charge in [-0.3, -0.25) is 9.69 Å². The Kier molecular flexibility index (Phi) is 7.14. The molecule has 2 aliphatic heterocycles. The summed E-state index contributed by atoms with van der Waals surface area (Å²) in [6, 6.07) is 6.18. The second-order valence-corrected chi connectivity index (χ2v) is 9.64. The fourth-order valence-corrected chi connectivity index (χ4v) is 6.16. The van der Waals surface area contributed by atoms with Crippen molar-refractivity contribution in [2.24, 2.45) is 0 Å². The van der Waals surface area contributed by atoms with E-state index in [-0.39, 0.29) is 11.4 Å². The van der Waals surface area contributed by atoms with Gasteiger partial charge in [-0.15, -0.1) is 11.8 Å². The number of hydrogen-bond donors (Lipinski definition) is 1. The monoisotopic (exact) mass is 444 g/mol. The number of benzene rings is 1. The molecule has 2 aliphatic rings. The molecular formula is C18H25BrN2O2S2. The van der Waals surface area contributed by atoms with E-state index in [0.29, 0.717) is 5.75 Å². The van der Waals surface area contributed by atoms with Gasteiger partial charge in [-0.2, -0.15) is 11.8 Å². The highest BCUT2D eigenvalue weighted by atomic mass is 79.9. The first kappa shape index (κ1) is 19.5. The van der Waals surface area contributed by atoms with Gasteiger partial charge in [-0.1, -0.05) is 15.9 Å². The molecule has 138 valence electrons. The van der Waals surface area contributed by atoms with E-state index in [2.05, 4.69) is 45.2 Å². The van der Waals surface area contributed by atoms with Gasteiger partial charge in [0.05, 0.1) is 19.0 Å². The van der Waals surface area contributed by atoms with Gasteiger partial charge >= 0.3 is 0 Å². The van der Waals surface area contributed by atoms with E-state index in [0.717, 1.165) is 54.4 Å². The van der Waals surface area contributed by atoms with Crippen molar-refractivity contribution >= 4 is 45.4 Å². The van der Waals surface area contributed by atoms with Crippen molar-refractivity contribution in [3.05, 3.63) is 28.2 Å². The summed E-state index contributed by atoms with van der Waals surface area (Å²) in [4.78, 5) is 16.1. The summed E-state index contributed by atoms with van der Waals surface area (Å²) >= 11 is 7.08. The summed E-state index contributed by atoms with van der Waals surface area (Å²) in [7, 11) is 0. The predicted octanol–water partition coefficient (Wildman–Crippen LogP) is 3.17. The van der Waals surface area contributed by atoms with Crippen LogP contribution in [0.15, 0.2) is 27.6 Å². The van der Waals surface area contributed by atoms with Crippen molar-refractivity contribution in [3.63, 3.8) is 0 Å². The number of thioether (sulfide) groups is 2. The number of carbonyl (C=O) groups excluding carboxylic acids is 1. The van der Waals surface area contributed by atoms with Crippen molar-refractivity contribution in [1.29, 1.82) is 0 Å². The Labute approximate surface area is 166 Å². The first-order valence-electron chi connectivity index (χ1n) is 8.65. The fraction of sp³-hybridized carbons (Fsp3) is 0.611. The molecular weight excluding hydrogens is 420 g/mol. The van der Waals surface area contributed by atoms with E-state index in [9.17, 15) is 4.79 Å². The minimum Gasteiger partial charge on any atom is -0.379 e. The Morgan fingerprint density at radius 1 is 1.44 bits per heavy atom. The number of morpholine rings is 1. The van der Waals surface area contributed by atoms with Gasteiger partial charge in [-0.05, 0) is 42.9 Å². The van der Waals surface area contributed by atoms with E-state index < -0.39 is 0 Å². The summed E-state index contributed by atoms with van der Waals surface area (Å²) < 4.78 is 6.57. The Balaban J connectivity index is 1.51. The van der Waals surface area contributed by atoms with E-state index in [1.54, 1.807) is 11.8 Å². The molecule has 1 atom stereocenters. The smallest absolute Gasteiger partial charge is 0.230 e. The molecule has 3 rings (SSSR count). The Morgan fingerprint density at radius 2 is 2.24 bits per heavy atom. The molecule has 0 bridgehead atoms. The van der Waals surface area contributed by atoms with Crippen LogP contribution in [-0.4, -0.2) is 66.5 Å². The fourth-order valence-electron chi connectivity index (χ4n) is 3.37. The maximum atomic E-state index is 12.4. The number of rotatable bonds is 6. The van der Waals surface area contributed by atoms with E-state index >= 15 is 0 Å². The van der Waals surface area contributed by atoms with Crippen LogP contribution in [0.25, 0.3) is 0 Å². The molecule has 0 radical (unpaired) electrons. The SMILES string of the molecule is Cc1cc(Br)ccc1SCC(=O)NCC1(N2CCOCC2)CCSC1. The molecule has 1 unspecified atom stereocenters. The average Bonchev–Trinajstić information content (AvgIpc) is 3.10. The number of carbonyl (C=O) groups is 1. The van der Waals surface area contributed by atoms with Crippen LogP contribution in [0, 0.1) is 6.92 Å². The zero-order valence-electron chi connectivity index (χ0n) is 14.6. The molecule has 7 heteroatoms. The van der Waals surface area contributed by atoms with Crippen LogP contribution in [-0.2, 0) is 9.53 Å². The van der Waals surface area contributed by atoms with E-state index in [1.807, 2.05) is 17.8 Å². The van der Waals surface area contributed by atoms with Gasteiger partial charge in [0.1, 0.15) is 0 Å². The lowest BCUT2D eigenvalue weighted by Crippen LogP contribution is -2.59. The van der Waals surface area contributed by atoms with Crippen LogP contribution in [0.1, 0.15) is 12.0 Å². The predicted molar refractivity (Wildman–Crippen MR) is 110 cm³/mol. The number of hydrogen-bond acceptors (Lipinski definition) is 5. The molecule has 0 aliphatic carbocycles. The summed E-state index contributed by atoms with van der Waals surface area (Å²) in [6.07, 6.45) is 1.15.